The van der Waals surface area contributed by atoms with Crippen LogP contribution in [0.1, 0.15) is 18.3 Å². The Labute approximate surface area is 112 Å². The molecular formula is C15H16FN3. The van der Waals surface area contributed by atoms with Crippen LogP contribution in [0.3, 0.4) is 0 Å². The Morgan fingerprint density at radius 1 is 1.47 bits per heavy atom. The number of nitrogen functional groups attached to an aromatic ring is 1. The minimum atomic E-state index is -0.328. The number of aryl methyl sites for hydroxylation is 2. The number of anilines is 1. The van der Waals surface area contributed by atoms with Crippen molar-refractivity contribution in [2.45, 2.75) is 26.8 Å². The molecule has 0 saturated carbocycles. The summed E-state index contributed by atoms with van der Waals surface area (Å²) < 4.78 is 15.7. The fraction of sp³-hybridized carbons (Fsp3) is 0.267. The molecule has 0 amide bonds. The molecule has 0 spiro atoms. The Balaban J connectivity index is 2.63. The van der Waals surface area contributed by atoms with E-state index in [1.165, 1.54) is 6.07 Å². The number of benzene rings is 1. The lowest BCUT2D eigenvalue weighted by Gasteiger charge is -2.05. The Bertz CT molecular complexity index is 650. The van der Waals surface area contributed by atoms with Crippen LogP contribution in [-0.4, -0.2) is 9.55 Å². The van der Waals surface area contributed by atoms with E-state index in [4.69, 9.17) is 12.2 Å². The lowest BCUT2D eigenvalue weighted by atomic mass is 10.1. The highest BCUT2D eigenvalue weighted by molar-refractivity contribution is 5.72. The van der Waals surface area contributed by atoms with Gasteiger partial charge in [-0.15, -0.1) is 6.42 Å². The molecule has 2 N–H and O–H groups in total. The lowest BCUT2D eigenvalue weighted by molar-refractivity contribution is 0.630. The van der Waals surface area contributed by atoms with Crippen molar-refractivity contribution in [2.75, 3.05) is 5.73 Å². The van der Waals surface area contributed by atoms with E-state index >= 15 is 0 Å². The molecule has 1 heterocycles. The lowest BCUT2D eigenvalue weighted by Crippen LogP contribution is -2.05. The largest absolute Gasteiger partial charge is 0.383 e. The molecule has 4 heteroatoms. The summed E-state index contributed by atoms with van der Waals surface area (Å²) in [6, 6.07) is 4.89. The number of hydrogen-bond acceptors (Lipinski definition) is 2. The van der Waals surface area contributed by atoms with Gasteiger partial charge < -0.3 is 10.3 Å². The number of aromatic nitrogens is 2. The molecule has 1 aromatic heterocycles. The molecule has 3 nitrogen and oxygen atoms in total. The maximum absolute atomic E-state index is 13.9. The zero-order chi connectivity index (χ0) is 14.0. The third-order valence-electron chi connectivity index (χ3n) is 3.03. The van der Waals surface area contributed by atoms with Crippen molar-refractivity contribution in [1.29, 1.82) is 0 Å². The van der Waals surface area contributed by atoms with E-state index in [2.05, 4.69) is 10.9 Å². The summed E-state index contributed by atoms with van der Waals surface area (Å²) in [4.78, 5) is 4.42. The number of terminal acetylenes is 1. The van der Waals surface area contributed by atoms with Crippen LogP contribution < -0.4 is 5.73 Å². The van der Waals surface area contributed by atoms with Crippen LogP contribution in [0.15, 0.2) is 18.2 Å². The molecule has 2 rings (SSSR count). The molecule has 0 fully saturated rings. The van der Waals surface area contributed by atoms with E-state index in [1.807, 2.05) is 13.8 Å². The zero-order valence-corrected chi connectivity index (χ0v) is 11.1. The van der Waals surface area contributed by atoms with Gasteiger partial charge in [-0.3, -0.25) is 0 Å². The van der Waals surface area contributed by atoms with Gasteiger partial charge in [-0.25, -0.2) is 9.37 Å². The monoisotopic (exact) mass is 257 g/mol. The zero-order valence-electron chi connectivity index (χ0n) is 11.1. The summed E-state index contributed by atoms with van der Waals surface area (Å²) >= 11 is 0. The molecule has 0 aliphatic carbocycles. The average molecular weight is 257 g/mol. The smallest absolute Gasteiger partial charge is 0.132 e. The van der Waals surface area contributed by atoms with Gasteiger partial charge in [-0.2, -0.15) is 0 Å². The molecule has 0 aliphatic heterocycles. The standard InChI is InChI=1S/C15H16FN3/c1-4-8-19-13(5-2)18-14(15(19)17)11-9-10(3)6-7-12(11)16/h1,6-7,9H,5,8,17H2,2-3H3. The Morgan fingerprint density at radius 3 is 2.84 bits per heavy atom. The minimum Gasteiger partial charge on any atom is -0.383 e. The van der Waals surface area contributed by atoms with Gasteiger partial charge in [-0.1, -0.05) is 24.5 Å². The van der Waals surface area contributed by atoms with E-state index in [1.54, 1.807) is 16.7 Å². The predicted molar refractivity (Wildman–Crippen MR) is 75.0 cm³/mol. The molecule has 1 aromatic carbocycles. The molecule has 98 valence electrons. The van der Waals surface area contributed by atoms with Crippen LogP contribution in [0.5, 0.6) is 0 Å². The molecule has 0 aliphatic rings. The van der Waals surface area contributed by atoms with Gasteiger partial charge in [-0.05, 0) is 19.1 Å². The maximum Gasteiger partial charge on any atom is 0.132 e. The van der Waals surface area contributed by atoms with Crippen molar-refractivity contribution >= 4 is 5.82 Å². The van der Waals surface area contributed by atoms with Crippen LogP contribution >= 0.6 is 0 Å². The molecule has 0 atom stereocenters. The van der Waals surface area contributed by atoms with Crippen LogP contribution in [0.2, 0.25) is 0 Å². The summed E-state index contributed by atoms with van der Waals surface area (Å²) in [7, 11) is 0. The van der Waals surface area contributed by atoms with Gasteiger partial charge in [0, 0.05) is 12.0 Å². The molecular weight excluding hydrogens is 241 g/mol. The van der Waals surface area contributed by atoms with E-state index in [-0.39, 0.29) is 5.82 Å². The summed E-state index contributed by atoms with van der Waals surface area (Å²) in [5.74, 6) is 3.40. The number of nitrogens with zero attached hydrogens (tertiary/aromatic N) is 2. The van der Waals surface area contributed by atoms with Gasteiger partial charge in [0.15, 0.2) is 0 Å². The molecule has 0 unspecified atom stereocenters. The van der Waals surface area contributed by atoms with Crippen LogP contribution in [0.4, 0.5) is 10.2 Å². The first-order valence-electron chi connectivity index (χ1n) is 6.13. The first-order chi connectivity index (χ1) is 9.08. The van der Waals surface area contributed by atoms with E-state index in [9.17, 15) is 4.39 Å². The fourth-order valence-corrected chi connectivity index (χ4v) is 2.07. The summed E-state index contributed by atoms with van der Waals surface area (Å²) in [6.45, 7) is 4.21. The highest BCUT2D eigenvalue weighted by Gasteiger charge is 2.17. The molecule has 2 aromatic rings. The predicted octanol–water partition coefficient (Wildman–Crippen LogP) is 2.78. The van der Waals surface area contributed by atoms with Gasteiger partial charge in [0.25, 0.3) is 0 Å². The number of halogens is 1. The van der Waals surface area contributed by atoms with Gasteiger partial charge >= 0.3 is 0 Å². The van der Waals surface area contributed by atoms with Crippen molar-refractivity contribution in [3.8, 4) is 23.6 Å². The number of hydrogen-bond donors (Lipinski definition) is 1. The van der Waals surface area contributed by atoms with Crippen LogP contribution in [0.25, 0.3) is 11.3 Å². The van der Waals surface area contributed by atoms with Crippen molar-refractivity contribution in [3.05, 3.63) is 35.4 Å². The van der Waals surface area contributed by atoms with Gasteiger partial charge in [0.1, 0.15) is 23.2 Å². The van der Waals surface area contributed by atoms with Gasteiger partial charge in [0.05, 0.1) is 6.54 Å². The third kappa shape index (κ3) is 2.32. The fourth-order valence-electron chi connectivity index (χ4n) is 2.07. The van der Waals surface area contributed by atoms with Gasteiger partial charge in [0.2, 0.25) is 0 Å². The molecule has 0 saturated heterocycles. The van der Waals surface area contributed by atoms with Crippen LogP contribution in [0, 0.1) is 25.1 Å². The Morgan fingerprint density at radius 2 is 2.21 bits per heavy atom. The first kappa shape index (κ1) is 13.2. The third-order valence-corrected chi connectivity index (χ3v) is 3.03. The average Bonchev–Trinajstić information content (AvgIpc) is 2.70. The van der Waals surface area contributed by atoms with Crippen LogP contribution in [-0.2, 0) is 13.0 Å². The maximum atomic E-state index is 13.9. The van der Waals surface area contributed by atoms with E-state index in [0.29, 0.717) is 30.0 Å². The van der Waals surface area contributed by atoms with Crippen molar-refractivity contribution in [3.63, 3.8) is 0 Å². The van der Waals surface area contributed by atoms with Crippen molar-refractivity contribution in [2.24, 2.45) is 0 Å². The summed E-state index contributed by atoms with van der Waals surface area (Å²) in [5.41, 5.74) is 7.90. The minimum absolute atomic E-state index is 0.328. The quantitative estimate of drug-likeness (QED) is 0.859. The summed E-state index contributed by atoms with van der Waals surface area (Å²) in [6.07, 6.45) is 6.02. The number of imidazole rings is 1. The van der Waals surface area contributed by atoms with E-state index in [0.717, 1.165) is 11.4 Å². The van der Waals surface area contributed by atoms with E-state index < -0.39 is 0 Å². The first-order valence-corrected chi connectivity index (χ1v) is 6.13. The number of rotatable bonds is 3. The second-order valence-corrected chi connectivity index (χ2v) is 4.39. The Hall–Kier alpha value is -2.28. The normalized spacial score (nSPS) is 10.4. The van der Waals surface area contributed by atoms with Crippen molar-refractivity contribution in [1.82, 2.24) is 9.55 Å². The second kappa shape index (κ2) is 5.15. The topological polar surface area (TPSA) is 43.8 Å². The molecule has 0 bridgehead atoms. The number of nitrogens with two attached hydrogens (primary N) is 1. The summed E-state index contributed by atoms with van der Waals surface area (Å²) in [5, 5.41) is 0. The molecule has 0 radical (unpaired) electrons. The SMILES string of the molecule is C#CCn1c(CC)nc(-c2cc(C)ccc2F)c1N. The Kier molecular flexibility index (Phi) is 3.57. The molecule has 19 heavy (non-hydrogen) atoms. The van der Waals surface area contributed by atoms with Crippen molar-refractivity contribution < 1.29 is 4.39 Å². The highest BCUT2D eigenvalue weighted by Crippen LogP contribution is 2.29. The second-order valence-electron chi connectivity index (χ2n) is 4.39. The highest BCUT2D eigenvalue weighted by atomic mass is 19.1.